The number of nitrogens with one attached hydrogen (secondary N) is 1. The van der Waals surface area contributed by atoms with Gasteiger partial charge >= 0.3 is 5.97 Å². The van der Waals surface area contributed by atoms with E-state index in [1.54, 1.807) is 31.3 Å². The molecule has 0 atom stereocenters. The summed E-state index contributed by atoms with van der Waals surface area (Å²) in [4.78, 5) is 19.8. The third kappa shape index (κ3) is 3.83. The Hall–Kier alpha value is -3.65. The second-order valence-electron chi connectivity index (χ2n) is 6.25. The van der Waals surface area contributed by atoms with Crippen LogP contribution in [-0.4, -0.2) is 30.7 Å². The zero-order chi connectivity index (χ0) is 20.4. The fourth-order valence-electron chi connectivity index (χ4n) is 2.94. The number of anilines is 2. The van der Waals surface area contributed by atoms with Gasteiger partial charge in [-0.1, -0.05) is 17.7 Å². The number of rotatable bonds is 6. The molecule has 4 rings (SSSR count). The highest BCUT2D eigenvalue weighted by molar-refractivity contribution is 6.32. The first-order valence-electron chi connectivity index (χ1n) is 8.68. The number of halogens is 1. The largest absolute Gasteiger partial charge is 0.486 e. The highest BCUT2D eigenvalue weighted by Gasteiger charge is 2.17. The molecular weight excluding hydrogens is 394 g/mol. The van der Waals surface area contributed by atoms with Gasteiger partial charge in [0.25, 0.3) is 0 Å². The lowest BCUT2D eigenvalue weighted by Gasteiger charge is -2.11. The van der Waals surface area contributed by atoms with Crippen molar-refractivity contribution in [1.29, 1.82) is 0 Å². The molecule has 0 aliphatic rings. The van der Waals surface area contributed by atoms with Crippen molar-refractivity contribution in [3.05, 3.63) is 77.0 Å². The van der Waals surface area contributed by atoms with E-state index in [1.165, 1.54) is 17.0 Å². The molecule has 0 amide bonds. The van der Waals surface area contributed by atoms with E-state index in [1.807, 2.05) is 18.2 Å². The van der Waals surface area contributed by atoms with Gasteiger partial charge in [-0.15, -0.1) is 0 Å². The summed E-state index contributed by atoms with van der Waals surface area (Å²) in [5, 5.41) is 17.0. The molecule has 4 aromatic rings. The van der Waals surface area contributed by atoms with Crippen molar-refractivity contribution in [1.82, 2.24) is 19.6 Å². The minimum atomic E-state index is -1.02. The fraction of sp³-hybridized carbons (Fsp3) is 0.100. The maximum Gasteiger partial charge on any atom is 0.337 e. The standard InChI is InChI=1S/C20H16ClN5O3/c1-12-15(20(27)28)9-26-18(12)19(23-11-24-26)25-13-5-6-17(16(21)8-13)29-10-14-4-2-3-7-22-14/h2-9,11H,10H2,1H3,(H,27,28)(H,23,24,25). The average Bonchev–Trinajstić information content (AvgIpc) is 3.06. The number of carbonyl (C=O) groups is 1. The van der Waals surface area contributed by atoms with Gasteiger partial charge in [0.15, 0.2) is 5.82 Å². The Balaban J connectivity index is 1.57. The van der Waals surface area contributed by atoms with E-state index in [-0.39, 0.29) is 5.56 Å². The number of hydrogen-bond acceptors (Lipinski definition) is 6. The SMILES string of the molecule is Cc1c(C(=O)O)cn2ncnc(Nc3ccc(OCc4ccccn4)c(Cl)c3)c12. The zero-order valence-electron chi connectivity index (χ0n) is 15.3. The van der Waals surface area contributed by atoms with Crippen LogP contribution in [-0.2, 0) is 6.61 Å². The van der Waals surface area contributed by atoms with Crippen molar-refractivity contribution in [2.75, 3.05) is 5.32 Å². The molecule has 3 aromatic heterocycles. The van der Waals surface area contributed by atoms with Crippen LogP contribution in [0.5, 0.6) is 5.75 Å². The molecule has 0 spiro atoms. The third-order valence-electron chi connectivity index (χ3n) is 4.35. The molecule has 0 aliphatic carbocycles. The molecule has 1 aromatic carbocycles. The van der Waals surface area contributed by atoms with Gasteiger partial charge in [-0.25, -0.2) is 14.3 Å². The summed E-state index contributed by atoms with van der Waals surface area (Å²) in [6.07, 6.45) is 4.52. The summed E-state index contributed by atoms with van der Waals surface area (Å²) >= 11 is 6.36. The Morgan fingerprint density at radius 3 is 2.86 bits per heavy atom. The lowest BCUT2D eigenvalue weighted by molar-refractivity contribution is 0.0696. The Kier molecular flexibility index (Phi) is 5.01. The van der Waals surface area contributed by atoms with Crippen molar-refractivity contribution in [2.45, 2.75) is 13.5 Å². The average molecular weight is 410 g/mol. The minimum absolute atomic E-state index is 0.171. The molecule has 0 unspecified atom stereocenters. The van der Waals surface area contributed by atoms with Crippen molar-refractivity contribution >= 4 is 34.6 Å². The van der Waals surface area contributed by atoms with Crippen LogP contribution in [0.3, 0.4) is 0 Å². The van der Waals surface area contributed by atoms with Crippen molar-refractivity contribution in [3.8, 4) is 5.75 Å². The van der Waals surface area contributed by atoms with Gasteiger partial charge < -0.3 is 15.2 Å². The molecule has 9 heteroatoms. The number of hydrogen-bond donors (Lipinski definition) is 2. The summed E-state index contributed by atoms with van der Waals surface area (Å²) in [6.45, 7) is 2.02. The molecule has 0 saturated heterocycles. The first-order valence-corrected chi connectivity index (χ1v) is 9.06. The van der Waals surface area contributed by atoms with E-state index in [9.17, 15) is 9.90 Å². The van der Waals surface area contributed by atoms with E-state index in [4.69, 9.17) is 16.3 Å². The number of aromatic carboxylic acids is 1. The number of ether oxygens (including phenoxy) is 1. The molecule has 0 aliphatic heterocycles. The van der Waals surface area contributed by atoms with Gasteiger partial charge in [0.05, 0.1) is 16.3 Å². The Morgan fingerprint density at radius 2 is 2.14 bits per heavy atom. The Labute approximate surface area is 170 Å². The van der Waals surface area contributed by atoms with Crippen LogP contribution < -0.4 is 10.1 Å². The molecule has 2 N–H and O–H groups in total. The van der Waals surface area contributed by atoms with Gasteiger partial charge in [-0.2, -0.15) is 5.10 Å². The Bertz CT molecular complexity index is 1190. The van der Waals surface area contributed by atoms with Crippen LogP contribution in [0.25, 0.3) is 5.52 Å². The normalized spacial score (nSPS) is 10.8. The molecule has 0 saturated carbocycles. The molecule has 146 valence electrons. The van der Waals surface area contributed by atoms with E-state index in [0.717, 1.165) is 5.69 Å². The van der Waals surface area contributed by atoms with Gasteiger partial charge in [-0.05, 0) is 42.8 Å². The first kappa shape index (κ1) is 18.7. The molecule has 3 heterocycles. The summed E-state index contributed by atoms with van der Waals surface area (Å²) in [5.41, 5.74) is 2.80. The van der Waals surface area contributed by atoms with Gasteiger partial charge in [-0.3, -0.25) is 4.98 Å². The number of nitrogens with zero attached hydrogens (tertiary/aromatic N) is 4. The summed E-state index contributed by atoms with van der Waals surface area (Å²) < 4.78 is 7.22. The first-order chi connectivity index (χ1) is 14.0. The smallest absolute Gasteiger partial charge is 0.337 e. The molecule has 8 nitrogen and oxygen atoms in total. The van der Waals surface area contributed by atoms with Crippen LogP contribution in [0, 0.1) is 6.92 Å². The summed E-state index contributed by atoms with van der Waals surface area (Å²) in [7, 11) is 0. The lowest BCUT2D eigenvalue weighted by atomic mass is 10.2. The van der Waals surface area contributed by atoms with Gasteiger partial charge in [0, 0.05) is 18.1 Å². The Morgan fingerprint density at radius 1 is 1.28 bits per heavy atom. The maximum absolute atomic E-state index is 11.4. The molecular formula is C20H16ClN5O3. The van der Waals surface area contributed by atoms with Crippen LogP contribution in [0.15, 0.2) is 55.1 Å². The topological polar surface area (TPSA) is 102 Å². The zero-order valence-corrected chi connectivity index (χ0v) is 16.1. The van der Waals surface area contributed by atoms with Gasteiger partial charge in [0.2, 0.25) is 0 Å². The van der Waals surface area contributed by atoms with Crippen molar-refractivity contribution < 1.29 is 14.6 Å². The number of fused-ring (bicyclic) bond motifs is 1. The predicted molar refractivity (Wildman–Crippen MR) is 108 cm³/mol. The van der Waals surface area contributed by atoms with Crippen molar-refractivity contribution in [3.63, 3.8) is 0 Å². The fourth-order valence-corrected chi connectivity index (χ4v) is 3.17. The molecule has 0 bridgehead atoms. The van der Waals surface area contributed by atoms with Crippen molar-refractivity contribution in [2.24, 2.45) is 0 Å². The van der Waals surface area contributed by atoms with Crippen LogP contribution in [0.4, 0.5) is 11.5 Å². The number of pyridine rings is 1. The minimum Gasteiger partial charge on any atom is -0.486 e. The van der Waals surface area contributed by atoms with E-state index in [0.29, 0.717) is 40.0 Å². The van der Waals surface area contributed by atoms with Crippen LogP contribution in [0.1, 0.15) is 21.6 Å². The quantitative estimate of drug-likeness (QED) is 0.494. The van der Waals surface area contributed by atoms with E-state index in [2.05, 4.69) is 20.4 Å². The number of carboxylic acid groups (broad SMARTS) is 1. The van der Waals surface area contributed by atoms with Gasteiger partial charge in [0.1, 0.15) is 24.2 Å². The number of aromatic nitrogens is 4. The molecule has 0 fully saturated rings. The second-order valence-corrected chi connectivity index (χ2v) is 6.66. The highest BCUT2D eigenvalue weighted by Crippen LogP contribution is 2.31. The third-order valence-corrected chi connectivity index (χ3v) is 4.65. The number of aryl methyl sites for hydroxylation is 1. The second kappa shape index (κ2) is 7.76. The monoisotopic (exact) mass is 409 g/mol. The number of benzene rings is 1. The van der Waals surface area contributed by atoms with E-state index >= 15 is 0 Å². The van der Waals surface area contributed by atoms with Crippen LogP contribution in [0.2, 0.25) is 5.02 Å². The lowest BCUT2D eigenvalue weighted by Crippen LogP contribution is -2.01. The number of carboxylic acids is 1. The highest BCUT2D eigenvalue weighted by atomic mass is 35.5. The molecule has 0 radical (unpaired) electrons. The summed E-state index contributed by atoms with van der Waals surface area (Å²) in [6, 6.07) is 10.9. The van der Waals surface area contributed by atoms with E-state index < -0.39 is 5.97 Å². The maximum atomic E-state index is 11.4. The summed E-state index contributed by atoms with van der Waals surface area (Å²) in [5.74, 6) is -0.0117. The predicted octanol–water partition coefficient (Wildman–Crippen LogP) is 4.11. The van der Waals surface area contributed by atoms with Crippen LogP contribution >= 0.6 is 11.6 Å². The molecule has 29 heavy (non-hydrogen) atoms.